The van der Waals surface area contributed by atoms with Crippen LogP contribution in [0.15, 0.2) is 41.4 Å². The van der Waals surface area contributed by atoms with E-state index in [1.54, 1.807) is 18.2 Å². The zero-order valence-electron chi connectivity index (χ0n) is 20.7. The normalized spacial score (nSPS) is 18.2. The Bertz CT molecular complexity index is 1110. The molecule has 4 rings (SSSR count). The van der Waals surface area contributed by atoms with Crippen molar-refractivity contribution in [1.29, 1.82) is 0 Å². The number of nitrogens with one attached hydrogen (secondary N) is 3. The van der Waals surface area contributed by atoms with Crippen molar-refractivity contribution in [3.63, 3.8) is 0 Å². The molecule has 9 heteroatoms. The number of carbonyl (C=O) groups is 1. The van der Waals surface area contributed by atoms with E-state index in [0.717, 1.165) is 45.4 Å². The summed E-state index contributed by atoms with van der Waals surface area (Å²) in [6.07, 6.45) is 8.36. The fourth-order valence-corrected chi connectivity index (χ4v) is 5.82. The summed E-state index contributed by atoms with van der Waals surface area (Å²) in [5.74, 6) is 0.840. The Kier molecular flexibility index (Phi) is 8.28. The van der Waals surface area contributed by atoms with Gasteiger partial charge in [0, 0.05) is 32.2 Å². The molecule has 1 atom stereocenters. The van der Waals surface area contributed by atoms with Gasteiger partial charge in [-0.15, -0.1) is 0 Å². The maximum atomic E-state index is 13.1. The molecule has 35 heavy (non-hydrogen) atoms. The largest absolute Gasteiger partial charge is 0.353 e. The lowest BCUT2D eigenvalue weighted by Gasteiger charge is -2.30. The standard InChI is InChI=1S/C26H37N5O3S/c1-3-19(2)29-26(32)24-17-22(18-28-25(24)31-15-13-27-14-16-31)30-35(33,34)23-11-9-21(10-12-23)20-7-5-4-6-8-20/h9-12,17-20,27,30H,3-8,13-16H2,1-2H3,(H,29,32)/t19-/m0/s1. The Hall–Kier alpha value is -2.65. The van der Waals surface area contributed by atoms with Gasteiger partial charge in [0.1, 0.15) is 5.82 Å². The molecular weight excluding hydrogens is 462 g/mol. The van der Waals surface area contributed by atoms with Crippen molar-refractivity contribution in [2.24, 2.45) is 0 Å². The number of amides is 1. The molecule has 3 N–H and O–H groups in total. The van der Waals surface area contributed by atoms with Crippen LogP contribution in [0.2, 0.25) is 0 Å². The van der Waals surface area contributed by atoms with Crippen molar-refractivity contribution < 1.29 is 13.2 Å². The lowest BCUT2D eigenvalue weighted by Crippen LogP contribution is -2.45. The third kappa shape index (κ3) is 6.32. The predicted molar refractivity (Wildman–Crippen MR) is 140 cm³/mol. The Morgan fingerprint density at radius 3 is 2.49 bits per heavy atom. The molecule has 1 saturated heterocycles. The lowest BCUT2D eigenvalue weighted by molar-refractivity contribution is 0.0939. The van der Waals surface area contributed by atoms with E-state index in [1.165, 1.54) is 31.0 Å². The minimum atomic E-state index is -3.81. The maximum Gasteiger partial charge on any atom is 0.261 e. The summed E-state index contributed by atoms with van der Waals surface area (Å²) in [7, 11) is -3.81. The van der Waals surface area contributed by atoms with E-state index >= 15 is 0 Å². The van der Waals surface area contributed by atoms with Crippen molar-refractivity contribution >= 4 is 27.4 Å². The van der Waals surface area contributed by atoms with Gasteiger partial charge in [0.25, 0.3) is 15.9 Å². The molecule has 1 saturated carbocycles. The average molecular weight is 500 g/mol. The molecular formula is C26H37N5O3S. The van der Waals surface area contributed by atoms with Gasteiger partial charge in [0.05, 0.1) is 22.3 Å². The van der Waals surface area contributed by atoms with Crippen LogP contribution in [-0.2, 0) is 10.0 Å². The molecule has 0 bridgehead atoms. The first-order chi connectivity index (χ1) is 16.9. The number of benzene rings is 1. The molecule has 190 valence electrons. The smallest absolute Gasteiger partial charge is 0.261 e. The summed E-state index contributed by atoms with van der Waals surface area (Å²) < 4.78 is 28.9. The monoisotopic (exact) mass is 499 g/mol. The number of carbonyl (C=O) groups excluding carboxylic acids is 1. The van der Waals surface area contributed by atoms with Crippen molar-refractivity contribution in [1.82, 2.24) is 15.6 Å². The molecule has 1 amide bonds. The van der Waals surface area contributed by atoms with Gasteiger partial charge in [-0.2, -0.15) is 0 Å². The van der Waals surface area contributed by atoms with Crippen molar-refractivity contribution in [3.8, 4) is 0 Å². The van der Waals surface area contributed by atoms with E-state index in [2.05, 4.69) is 25.2 Å². The highest BCUT2D eigenvalue weighted by molar-refractivity contribution is 7.92. The second-order valence-electron chi connectivity index (χ2n) is 9.62. The highest BCUT2D eigenvalue weighted by Crippen LogP contribution is 2.33. The second kappa shape index (κ2) is 11.4. The third-order valence-corrected chi connectivity index (χ3v) is 8.43. The van der Waals surface area contributed by atoms with Gasteiger partial charge in [-0.05, 0) is 55.9 Å². The SMILES string of the molecule is CC[C@H](C)NC(=O)c1cc(NS(=O)(=O)c2ccc(C3CCCCC3)cc2)cnc1N1CCNCC1. The van der Waals surface area contributed by atoms with Gasteiger partial charge in [-0.3, -0.25) is 9.52 Å². The Balaban J connectivity index is 1.56. The van der Waals surface area contributed by atoms with E-state index in [-0.39, 0.29) is 22.5 Å². The number of hydrogen-bond donors (Lipinski definition) is 3. The number of aromatic nitrogens is 1. The first kappa shape index (κ1) is 25.4. The molecule has 2 aromatic rings. The number of piperazine rings is 1. The van der Waals surface area contributed by atoms with E-state index < -0.39 is 10.0 Å². The molecule has 1 aliphatic heterocycles. The average Bonchev–Trinajstić information content (AvgIpc) is 2.89. The first-order valence-electron chi connectivity index (χ1n) is 12.8. The van der Waals surface area contributed by atoms with E-state index in [9.17, 15) is 13.2 Å². The number of sulfonamides is 1. The Labute approximate surface area is 209 Å². The Morgan fingerprint density at radius 2 is 1.83 bits per heavy atom. The zero-order chi connectivity index (χ0) is 24.8. The summed E-state index contributed by atoms with van der Waals surface area (Å²) in [6.45, 7) is 7.02. The highest BCUT2D eigenvalue weighted by Gasteiger charge is 2.23. The van der Waals surface area contributed by atoms with Crippen molar-refractivity contribution in [3.05, 3.63) is 47.7 Å². The molecule has 0 radical (unpaired) electrons. The van der Waals surface area contributed by atoms with Gasteiger partial charge >= 0.3 is 0 Å². The molecule has 2 fully saturated rings. The van der Waals surface area contributed by atoms with Crippen LogP contribution < -0.4 is 20.3 Å². The van der Waals surface area contributed by atoms with Crippen LogP contribution in [0.1, 0.15) is 74.2 Å². The minimum absolute atomic E-state index is 0.00130. The molecule has 1 aromatic carbocycles. The van der Waals surface area contributed by atoms with Gasteiger partial charge in [0.15, 0.2) is 0 Å². The van der Waals surface area contributed by atoms with Crippen LogP contribution in [-0.4, -0.2) is 51.5 Å². The number of hydrogen-bond acceptors (Lipinski definition) is 6. The summed E-state index contributed by atoms with van der Waals surface area (Å²) in [5, 5.41) is 6.28. The minimum Gasteiger partial charge on any atom is -0.353 e. The van der Waals surface area contributed by atoms with E-state index in [0.29, 0.717) is 17.3 Å². The third-order valence-electron chi connectivity index (χ3n) is 7.04. The lowest BCUT2D eigenvalue weighted by atomic mass is 9.84. The number of nitrogens with zero attached hydrogens (tertiary/aromatic N) is 2. The van der Waals surface area contributed by atoms with Gasteiger partial charge < -0.3 is 15.5 Å². The molecule has 2 heterocycles. The quantitative estimate of drug-likeness (QED) is 0.510. The van der Waals surface area contributed by atoms with Crippen LogP contribution in [0.5, 0.6) is 0 Å². The number of rotatable bonds is 8. The number of pyridine rings is 1. The predicted octanol–water partition coefficient (Wildman–Crippen LogP) is 3.87. The first-order valence-corrected chi connectivity index (χ1v) is 14.2. The molecule has 1 aliphatic carbocycles. The van der Waals surface area contributed by atoms with Gasteiger partial charge in [-0.1, -0.05) is 38.3 Å². The zero-order valence-corrected chi connectivity index (χ0v) is 21.5. The van der Waals surface area contributed by atoms with Crippen LogP contribution in [0.3, 0.4) is 0 Å². The molecule has 8 nitrogen and oxygen atoms in total. The van der Waals surface area contributed by atoms with Gasteiger partial charge in [-0.25, -0.2) is 13.4 Å². The fourth-order valence-electron chi connectivity index (χ4n) is 4.78. The summed E-state index contributed by atoms with van der Waals surface area (Å²) in [4.78, 5) is 19.9. The van der Waals surface area contributed by atoms with Crippen molar-refractivity contribution in [2.45, 2.75) is 69.2 Å². The van der Waals surface area contributed by atoms with Crippen LogP contribution in [0, 0.1) is 0 Å². The Morgan fingerprint density at radius 1 is 1.14 bits per heavy atom. The summed E-state index contributed by atoms with van der Waals surface area (Å²) in [5.41, 5.74) is 1.85. The van der Waals surface area contributed by atoms with Crippen LogP contribution in [0.4, 0.5) is 11.5 Å². The van der Waals surface area contributed by atoms with Crippen LogP contribution in [0.25, 0.3) is 0 Å². The second-order valence-corrected chi connectivity index (χ2v) is 11.3. The van der Waals surface area contributed by atoms with E-state index in [4.69, 9.17) is 0 Å². The fraction of sp³-hybridized carbons (Fsp3) is 0.538. The van der Waals surface area contributed by atoms with Gasteiger partial charge in [0.2, 0.25) is 0 Å². The van der Waals surface area contributed by atoms with Crippen LogP contribution >= 0.6 is 0 Å². The topological polar surface area (TPSA) is 103 Å². The summed E-state index contributed by atoms with van der Waals surface area (Å²) >= 11 is 0. The molecule has 1 aromatic heterocycles. The van der Waals surface area contributed by atoms with E-state index in [1.807, 2.05) is 26.0 Å². The summed E-state index contributed by atoms with van der Waals surface area (Å²) in [6, 6.07) is 8.80. The maximum absolute atomic E-state index is 13.1. The highest BCUT2D eigenvalue weighted by atomic mass is 32.2. The van der Waals surface area contributed by atoms with Crippen molar-refractivity contribution in [2.75, 3.05) is 35.8 Å². The molecule has 2 aliphatic rings. The molecule has 0 spiro atoms. The number of anilines is 2. The molecule has 0 unspecified atom stereocenters.